The molecule has 0 N–H and O–H groups in total. The lowest BCUT2D eigenvalue weighted by Crippen LogP contribution is -2.10. The van der Waals surface area contributed by atoms with Gasteiger partial charge in [-0.05, 0) is 32.6 Å². The van der Waals surface area contributed by atoms with Gasteiger partial charge < -0.3 is 0 Å². The number of hydrogen-bond acceptors (Lipinski definition) is 1. The fourth-order valence-corrected chi connectivity index (χ4v) is 1.21. The second-order valence-corrected chi connectivity index (χ2v) is 3.72. The Balaban J connectivity index is 3.97. The molecule has 0 fully saturated rings. The van der Waals surface area contributed by atoms with E-state index in [0.29, 0.717) is 12.0 Å². The Kier molecular flexibility index (Phi) is 6.04. The average Bonchev–Trinajstić information content (AvgIpc) is 2.04. The molecule has 72 valence electrons. The Hall–Kier alpha value is -0.330. The normalized spacial score (nSPS) is 17.6. The minimum Gasteiger partial charge on any atom is -0.291 e. The Bertz CT molecular complexity index is 138. The third kappa shape index (κ3) is 4.53. The molecule has 0 aliphatic rings. The van der Waals surface area contributed by atoms with Crippen molar-refractivity contribution in [3.05, 3.63) is 0 Å². The van der Waals surface area contributed by atoms with Crippen LogP contribution in [0.3, 0.4) is 0 Å². The average molecular weight is 169 g/mol. The molecule has 0 aromatic heterocycles. The van der Waals surface area contributed by atoms with Crippen LogP contribution in [0.25, 0.3) is 0 Å². The summed E-state index contributed by atoms with van der Waals surface area (Å²) in [6, 6.07) is 0.504. The van der Waals surface area contributed by atoms with E-state index in [1.807, 2.05) is 0 Å². The first-order valence-electron chi connectivity index (χ1n) is 5.16. The molecular formula is C11H23N. The van der Waals surface area contributed by atoms with Crippen LogP contribution in [0.1, 0.15) is 53.9 Å². The molecule has 12 heavy (non-hydrogen) atoms. The number of aliphatic imine (C=N–C) groups is 1. The molecule has 0 spiro atoms. The first-order chi connectivity index (χ1) is 5.61. The molecule has 0 heterocycles. The minimum absolute atomic E-state index is 0.504. The van der Waals surface area contributed by atoms with Crippen LogP contribution in [0.2, 0.25) is 0 Å². The second-order valence-electron chi connectivity index (χ2n) is 3.72. The molecule has 0 aromatic carbocycles. The lowest BCUT2D eigenvalue weighted by Gasteiger charge is -2.11. The van der Waals surface area contributed by atoms with Gasteiger partial charge in [0.1, 0.15) is 0 Å². The standard InChI is InChI=1S/C11H23N/c1-6-8-9(3)11(5)12-10(4)7-2/h9-10H,6-8H2,1-5H3/b12-11-. The third-order valence-corrected chi connectivity index (χ3v) is 2.45. The van der Waals surface area contributed by atoms with E-state index in [0.717, 1.165) is 6.42 Å². The summed E-state index contributed by atoms with van der Waals surface area (Å²) >= 11 is 0. The van der Waals surface area contributed by atoms with Crippen molar-refractivity contribution in [1.82, 2.24) is 0 Å². The summed E-state index contributed by atoms with van der Waals surface area (Å²) in [5.41, 5.74) is 1.33. The van der Waals surface area contributed by atoms with Crippen molar-refractivity contribution < 1.29 is 0 Å². The molecule has 0 saturated heterocycles. The summed E-state index contributed by atoms with van der Waals surface area (Å²) in [6.45, 7) is 11.0. The van der Waals surface area contributed by atoms with Crippen molar-refractivity contribution in [2.75, 3.05) is 0 Å². The van der Waals surface area contributed by atoms with Gasteiger partial charge in [0.25, 0.3) is 0 Å². The van der Waals surface area contributed by atoms with Gasteiger partial charge in [0.2, 0.25) is 0 Å². The predicted molar refractivity (Wildman–Crippen MR) is 56.9 cm³/mol. The van der Waals surface area contributed by atoms with Gasteiger partial charge in [-0.15, -0.1) is 0 Å². The topological polar surface area (TPSA) is 12.4 Å². The zero-order valence-electron chi connectivity index (χ0n) is 9.22. The number of rotatable bonds is 5. The molecule has 0 bridgehead atoms. The molecule has 0 aliphatic heterocycles. The van der Waals surface area contributed by atoms with Crippen LogP contribution in [0.4, 0.5) is 0 Å². The van der Waals surface area contributed by atoms with E-state index >= 15 is 0 Å². The van der Waals surface area contributed by atoms with Crippen LogP contribution < -0.4 is 0 Å². The lowest BCUT2D eigenvalue weighted by molar-refractivity contribution is 0.644. The van der Waals surface area contributed by atoms with Crippen LogP contribution in [0, 0.1) is 5.92 Å². The lowest BCUT2D eigenvalue weighted by atomic mass is 10.0. The summed E-state index contributed by atoms with van der Waals surface area (Å²) in [7, 11) is 0. The quantitative estimate of drug-likeness (QED) is 0.557. The molecule has 1 nitrogen and oxygen atoms in total. The van der Waals surface area contributed by atoms with Crippen LogP contribution in [-0.4, -0.2) is 11.8 Å². The Morgan fingerprint density at radius 3 is 2.25 bits per heavy atom. The van der Waals surface area contributed by atoms with Crippen molar-refractivity contribution in [2.45, 2.75) is 59.9 Å². The van der Waals surface area contributed by atoms with Crippen LogP contribution >= 0.6 is 0 Å². The number of nitrogens with zero attached hydrogens (tertiary/aromatic N) is 1. The summed E-state index contributed by atoms with van der Waals surface area (Å²) < 4.78 is 0. The maximum absolute atomic E-state index is 4.63. The highest BCUT2D eigenvalue weighted by Crippen LogP contribution is 2.09. The SMILES string of the molecule is CCCC(C)/C(C)=N\C(C)CC. The summed E-state index contributed by atoms with van der Waals surface area (Å²) in [5, 5.41) is 0. The van der Waals surface area contributed by atoms with Crippen molar-refractivity contribution in [2.24, 2.45) is 10.9 Å². The highest BCUT2D eigenvalue weighted by molar-refractivity contribution is 5.84. The van der Waals surface area contributed by atoms with Crippen molar-refractivity contribution in [3.63, 3.8) is 0 Å². The Morgan fingerprint density at radius 1 is 1.25 bits per heavy atom. The fraction of sp³-hybridized carbons (Fsp3) is 0.909. The number of hydrogen-bond donors (Lipinski definition) is 0. The van der Waals surface area contributed by atoms with E-state index in [-0.39, 0.29) is 0 Å². The van der Waals surface area contributed by atoms with Crippen molar-refractivity contribution >= 4 is 5.71 Å². The monoisotopic (exact) mass is 169 g/mol. The first kappa shape index (κ1) is 11.7. The van der Waals surface area contributed by atoms with E-state index in [4.69, 9.17) is 0 Å². The maximum atomic E-state index is 4.63. The Labute approximate surface area is 77.3 Å². The molecule has 2 unspecified atom stereocenters. The molecule has 1 heteroatoms. The van der Waals surface area contributed by atoms with E-state index < -0.39 is 0 Å². The van der Waals surface area contributed by atoms with E-state index in [1.165, 1.54) is 18.6 Å². The Morgan fingerprint density at radius 2 is 1.83 bits per heavy atom. The predicted octanol–water partition coefficient (Wildman–Crippen LogP) is 3.68. The van der Waals surface area contributed by atoms with Crippen LogP contribution in [-0.2, 0) is 0 Å². The van der Waals surface area contributed by atoms with Crippen molar-refractivity contribution in [3.8, 4) is 0 Å². The molecular weight excluding hydrogens is 146 g/mol. The zero-order chi connectivity index (χ0) is 9.56. The largest absolute Gasteiger partial charge is 0.291 e. The molecule has 0 amide bonds. The fourth-order valence-electron chi connectivity index (χ4n) is 1.21. The van der Waals surface area contributed by atoms with Gasteiger partial charge >= 0.3 is 0 Å². The van der Waals surface area contributed by atoms with Gasteiger partial charge in [0.05, 0.1) is 0 Å². The molecule has 0 saturated carbocycles. The summed E-state index contributed by atoms with van der Waals surface area (Å²) in [6.07, 6.45) is 3.68. The maximum Gasteiger partial charge on any atom is 0.0468 e. The van der Waals surface area contributed by atoms with Crippen LogP contribution in [0.5, 0.6) is 0 Å². The summed E-state index contributed by atoms with van der Waals surface area (Å²) in [5.74, 6) is 0.670. The van der Waals surface area contributed by atoms with Gasteiger partial charge in [-0.1, -0.05) is 27.2 Å². The molecule has 0 aliphatic carbocycles. The van der Waals surface area contributed by atoms with Crippen molar-refractivity contribution in [1.29, 1.82) is 0 Å². The minimum atomic E-state index is 0.504. The van der Waals surface area contributed by atoms with Gasteiger partial charge in [-0.3, -0.25) is 4.99 Å². The van der Waals surface area contributed by atoms with E-state index in [9.17, 15) is 0 Å². The van der Waals surface area contributed by atoms with Gasteiger partial charge in [0.15, 0.2) is 0 Å². The third-order valence-electron chi connectivity index (χ3n) is 2.45. The van der Waals surface area contributed by atoms with Crippen LogP contribution in [0.15, 0.2) is 4.99 Å². The zero-order valence-corrected chi connectivity index (χ0v) is 9.22. The second kappa shape index (κ2) is 6.22. The molecule has 0 radical (unpaired) electrons. The smallest absolute Gasteiger partial charge is 0.0468 e. The van der Waals surface area contributed by atoms with Gasteiger partial charge in [0, 0.05) is 11.8 Å². The highest BCUT2D eigenvalue weighted by atomic mass is 14.8. The van der Waals surface area contributed by atoms with E-state index in [2.05, 4.69) is 39.6 Å². The summed E-state index contributed by atoms with van der Waals surface area (Å²) in [4.78, 5) is 4.63. The molecule has 0 aromatic rings. The first-order valence-corrected chi connectivity index (χ1v) is 5.16. The highest BCUT2D eigenvalue weighted by Gasteiger charge is 2.05. The van der Waals surface area contributed by atoms with E-state index in [1.54, 1.807) is 0 Å². The van der Waals surface area contributed by atoms with Gasteiger partial charge in [-0.25, -0.2) is 0 Å². The molecule has 0 rings (SSSR count). The molecule has 2 atom stereocenters. The van der Waals surface area contributed by atoms with Gasteiger partial charge in [-0.2, -0.15) is 0 Å².